The fourth-order valence-electron chi connectivity index (χ4n) is 4.60. The molecule has 0 unspecified atom stereocenters. The molecule has 1 N–H and O–H groups in total. The number of aryl methyl sites for hydroxylation is 1. The number of carbonyl (C=O) groups is 1. The van der Waals surface area contributed by atoms with Gasteiger partial charge in [-0.15, -0.1) is 0 Å². The summed E-state index contributed by atoms with van der Waals surface area (Å²) in [7, 11) is 3.57. The zero-order valence-electron chi connectivity index (χ0n) is 18.2. The third-order valence-electron chi connectivity index (χ3n) is 6.37. The van der Waals surface area contributed by atoms with Crippen LogP contribution in [-0.4, -0.2) is 35.9 Å². The van der Waals surface area contributed by atoms with Gasteiger partial charge in [-0.1, -0.05) is 17.7 Å². The summed E-state index contributed by atoms with van der Waals surface area (Å²) in [5.41, 5.74) is 3.80. The molecular weight excluding hydrogens is 426 g/mol. The zero-order chi connectivity index (χ0) is 22.2. The number of aromatic nitrogens is 2. The predicted octanol–water partition coefficient (Wildman–Crippen LogP) is 4.59. The van der Waals surface area contributed by atoms with Crippen molar-refractivity contribution in [2.45, 2.75) is 19.4 Å². The average Bonchev–Trinajstić information content (AvgIpc) is 3.07. The van der Waals surface area contributed by atoms with E-state index >= 15 is 0 Å². The number of amides is 1. The highest BCUT2D eigenvalue weighted by Gasteiger charge is 2.33. The Morgan fingerprint density at radius 3 is 2.78 bits per heavy atom. The molecule has 2 aliphatic rings. The molecule has 0 bridgehead atoms. The van der Waals surface area contributed by atoms with E-state index in [-0.39, 0.29) is 11.8 Å². The van der Waals surface area contributed by atoms with Gasteiger partial charge in [0.2, 0.25) is 5.91 Å². The van der Waals surface area contributed by atoms with Crippen molar-refractivity contribution in [2.75, 3.05) is 35.3 Å². The molecule has 3 aromatic rings. The van der Waals surface area contributed by atoms with Gasteiger partial charge in [-0.3, -0.25) is 9.48 Å². The summed E-state index contributed by atoms with van der Waals surface area (Å²) >= 11 is 6.26. The van der Waals surface area contributed by atoms with E-state index in [0.717, 1.165) is 60.1 Å². The molecule has 1 saturated heterocycles. The lowest BCUT2D eigenvalue weighted by Gasteiger charge is -2.35. The smallest absolute Gasteiger partial charge is 0.230 e. The summed E-state index contributed by atoms with van der Waals surface area (Å²) in [6.45, 7) is 2.16. The summed E-state index contributed by atoms with van der Waals surface area (Å²) in [4.78, 5) is 17.9. The van der Waals surface area contributed by atoms with Crippen LogP contribution in [0.3, 0.4) is 0 Å². The van der Waals surface area contributed by atoms with Crippen LogP contribution in [0.15, 0.2) is 48.7 Å². The van der Waals surface area contributed by atoms with Crippen molar-refractivity contribution in [3.63, 3.8) is 0 Å². The Morgan fingerprint density at radius 2 is 2.00 bits per heavy atom. The van der Waals surface area contributed by atoms with Gasteiger partial charge in [0.15, 0.2) is 0 Å². The monoisotopic (exact) mass is 451 g/mol. The van der Waals surface area contributed by atoms with Gasteiger partial charge in [-0.05, 0) is 43.2 Å². The molecular formula is C24H26ClN5O2. The van der Waals surface area contributed by atoms with Crippen LogP contribution in [-0.2, 0) is 18.4 Å². The van der Waals surface area contributed by atoms with E-state index in [0.29, 0.717) is 11.6 Å². The SMILES string of the molecule is COc1cccc(N2CCC(C(=O)N3Cc4cnn(C)c4Nc4cc(Cl)ccc43)CC2)c1. The fourth-order valence-corrected chi connectivity index (χ4v) is 4.77. The molecule has 2 aliphatic heterocycles. The van der Waals surface area contributed by atoms with E-state index in [4.69, 9.17) is 16.3 Å². The first-order valence-corrected chi connectivity index (χ1v) is 11.2. The van der Waals surface area contributed by atoms with E-state index in [1.165, 1.54) is 0 Å². The minimum atomic E-state index is -0.0291. The second kappa shape index (κ2) is 8.39. The molecule has 0 atom stereocenters. The number of piperidine rings is 1. The first-order valence-electron chi connectivity index (χ1n) is 10.8. The number of fused-ring (bicyclic) bond motifs is 2. The lowest BCUT2D eigenvalue weighted by Crippen LogP contribution is -2.42. The Morgan fingerprint density at radius 1 is 1.19 bits per heavy atom. The van der Waals surface area contributed by atoms with Gasteiger partial charge in [0.1, 0.15) is 11.6 Å². The van der Waals surface area contributed by atoms with Crippen LogP contribution in [0, 0.1) is 5.92 Å². The maximum Gasteiger partial charge on any atom is 0.230 e. The number of anilines is 4. The molecule has 0 radical (unpaired) electrons. The van der Waals surface area contributed by atoms with E-state index in [1.807, 2.05) is 54.5 Å². The van der Waals surface area contributed by atoms with Crippen molar-refractivity contribution < 1.29 is 9.53 Å². The summed E-state index contributed by atoms with van der Waals surface area (Å²) in [6.07, 6.45) is 3.44. The Kier molecular flexibility index (Phi) is 5.43. The number of hydrogen-bond acceptors (Lipinski definition) is 5. The predicted molar refractivity (Wildman–Crippen MR) is 127 cm³/mol. The fraction of sp³-hybridized carbons (Fsp3) is 0.333. The van der Waals surface area contributed by atoms with Crippen molar-refractivity contribution in [3.05, 3.63) is 59.2 Å². The normalized spacial score (nSPS) is 16.1. The van der Waals surface area contributed by atoms with Crippen LogP contribution < -0.4 is 19.9 Å². The molecule has 0 aliphatic carbocycles. The Hall–Kier alpha value is -3.19. The number of methoxy groups -OCH3 is 1. The molecule has 1 amide bonds. The third-order valence-corrected chi connectivity index (χ3v) is 6.61. The molecule has 166 valence electrons. The van der Waals surface area contributed by atoms with E-state index < -0.39 is 0 Å². The Bertz CT molecular complexity index is 1150. The molecule has 0 saturated carbocycles. The van der Waals surface area contributed by atoms with Gasteiger partial charge < -0.3 is 19.9 Å². The quantitative estimate of drug-likeness (QED) is 0.631. The second-order valence-electron chi connectivity index (χ2n) is 8.32. The van der Waals surface area contributed by atoms with Crippen LogP contribution in [0.5, 0.6) is 5.75 Å². The summed E-state index contributed by atoms with van der Waals surface area (Å²) < 4.78 is 7.15. The largest absolute Gasteiger partial charge is 0.497 e. The van der Waals surface area contributed by atoms with Gasteiger partial charge in [0, 0.05) is 48.4 Å². The summed E-state index contributed by atoms with van der Waals surface area (Å²) in [6, 6.07) is 13.7. The number of benzene rings is 2. The minimum Gasteiger partial charge on any atom is -0.497 e. The molecule has 32 heavy (non-hydrogen) atoms. The number of ether oxygens (including phenoxy) is 1. The van der Waals surface area contributed by atoms with Crippen molar-refractivity contribution in [2.24, 2.45) is 13.0 Å². The Balaban J connectivity index is 1.37. The number of nitrogens with one attached hydrogen (secondary N) is 1. The van der Waals surface area contributed by atoms with E-state index in [2.05, 4.69) is 21.4 Å². The molecule has 1 aromatic heterocycles. The highest BCUT2D eigenvalue weighted by atomic mass is 35.5. The molecule has 7 nitrogen and oxygen atoms in total. The van der Waals surface area contributed by atoms with Crippen LogP contribution in [0.4, 0.5) is 22.9 Å². The molecule has 2 aromatic carbocycles. The van der Waals surface area contributed by atoms with Crippen LogP contribution in [0.2, 0.25) is 5.02 Å². The number of carbonyl (C=O) groups excluding carboxylic acids is 1. The van der Waals surface area contributed by atoms with Gasteiger partial charge in [-0.2, -0.15) is 5.10 Å². The van der Waals surface area contributed by atoms with Crippen LogP contribution in [0.1, 0.15) is 18.4 Å². The molecule has 5 rings (SSSR count). The number of hydrogen-bond donors (Lipinski definition) is 1. The zero-order valence-corrected chi connectivity index (χ0v) is 19.0. The maximum absolute atomic E-state index is 13.7. The van der Waals surface area contributed by atoms with Gasteiger partial charge >= 0.3 is 0 Å². The summed E-state index contributed by atoms with van der Waals surface area (Å²) in [5, 5.41) is 8.41. The van der Waals surface area contributed by atoms with Crippen molar-refractivity contribution >= 4 is 40.4 Å². The molecule has 3 heterocycles. The molecule has 0 spiro atoms. The van der Waals surface area contributed by atoms with Crippen molar-refractivity contribution in [3.8, 4) is 5.75 Å². The first-order chi connectivity index (χ1) is 15.5. The third kappa shape index (κ3) is 3.77. The maximum atomic E-state index is 13.7. The first kappa shape index (κ1) is 20.7. The van der Waals surface area contributed by atoms with E-state index in [9.17, 15) is 4.79 Å². The Labute approximate surface area is 192 Å². The number of nitrogens with zero attached hydrogens (tertiary/aromatic N) is 4. The summed E-state index contributed by atoms with van der Waals surface area (Å²) in [5.74, 6) is 1.85. The van der Waals surface area contributed by atoms with Gasteiger partial charge in [0.25, 0.3) is 0 Å². The van der Waals surface area contributed by atoms with Gasteiger partial charge in [-0.25, -0.2) is 0 Å². The molecule has 1 fully saturated rings. The molecule has 8 heteroatoms. The highest BCUT2D eigenvalue weighted by molar-refractivity contribution is 6.31. The van der Waals surface area contributed by atoms with Crippen molar-refractivity contribution in [1.82, 2.24) is 9.78 Å². The number of rotatable bonds is 3. The lowest BCUT2D eigenvalue weighted by atomic mass is 9.94. The van der Waals surface area contributed by atoms with Crippen LogP contribution in [0.25, 0.3) is 0 Å². The van der Waals surface area contributed by atoms with Gasteiger partial charge in [0.05, 0.1) is 31.2 Å². The lowest BCUT2D eigenvalue weighted by molar-refractivity contribution is -0.123. The van der Waals surface area contributed by atoms with E-state index in [1.54, 1.807) is 11.8 Å². The van der Waals surface area contributed by atoms with Crippen molar-refractivity contribution in [1.29, 1.82) is 0 Å². The van der Waals surface area contributed by atoms with Crippen LogP contribution >= 0.6 is 11.6 Å². The standard InChI is InChI=1S/C24H26ClN5O2/c1-28-23-17(14-26-28)15-30(22-7-6-18(25)12-21(22)27-23)24(31)16-8-10-29(11-9-16)19-4-3-5-20(13-19)32-2/h3-7,12-14,16,27H,8-11,15H2,1-2H3. The minimum absolute atomic E-state index is 0.0291. The second-order valence-corrected chi connectivity index (χ2v) is 8.75. The number of halogens is 1. The highest BCUT2D eigenvalue weighted by Crippen LogP contribution is 2.39. The topological polar surface area (TPSA) is 62.6 Å². The average molecular weight is 452 g/mol.